The number of rotatable bonds is 17. The Kier molecular flexibility index (Phi) is 20.4. The van der Waals surface area contributed by atoms with Crippen molar-refractivity contribution in [2.75, 3.05) is 14.7 Å². The van der Waals surface area contributed by atoms with E-state index in [9.17, 15) is 5.26 Å². The van der Waals surface area contributed by atoms with Crippen molar-refractivity contribution in [2.24, 2.45) is 0 Å². The van der Waals surface area contributed by atoms with Gasteiger partial charge in [0.15, 0.2) is 5.69 Å². The minimum Gasteiger partial charge on any atom is -0.311 e. The molecule has 0 atom stereocenters. The molecule has 0 radical (unpaired) electrons. The van der Waals surface area contributed by atoms with Gasteiger partial charge in [0.1, 0.15) is 0 Å². The fourth-order valence-electron chi connectivity index (χ4n) is 23.1. The lowest BCUT2D eigenvalue weighted by Gasteiger charge is -2.35. The summed E-state index contributed by atoms with van der Waals surface area (Å²) >= 11 is 0. The Hall–Kier alpha value is -18.4. The summed E-state index contributed by atoms with van der Waals surface area (Å²) in [4.78, 5) is 10.8. The first kappa shape index (κ1) is 83.4. The maximum absolute atomic E-state index is 10.0. The van der Waals surface area contributed by atoms with Gasteiger partial charge in [0.25, 0.3) is 0 Å². The van der Waals surface area contributed by atoms with Crippen LogP contribution < -0.4 is 14.7 Å². The van der Waals surface area contributed by atoms with Crippen molar-refractivity contribution in [3.05, 3.63) is 588 Å². The van der Waals surface area contributed by atoms with Crippen LogP contribution in [0.3, 0.4) is 0 Å². The molecule has 0 bridgehead atoms. The van der Waals surface area contributed by atoms with E-state index >= 15 is 0 Å². The van der Waals surface area contributed by atoms with E-state index in [2.05, 4.69) is 540 Å². The van der Waals surface area contributed by atoms with Gasteiger partial charge >= 0.3 is 0 Å². The van der Waals surface area contributed by atoms with Crippen LogP contribution in [0.5, 0.6) is 0 Å². The number of nitrogens with zero attached hydrogens (tertiary/aromatic N) is 7. The van der Waals surface area contributed by atoms with E-state index in [0.717, 1.165) is 84.4 Å². The summed E-state index contributed by atoms with van der Waals surface area (Å²) in [5.74, 6) is 0. The molecule has 7 heteroatoms. The van der Waals surface area contributed by atoms with Crippen molar-refractivity contribution in [3.63, 3.8) is 0 Å². The summed E-state index contributed by atoms with van der Waals surface area (Å²) in [6.45, 7) is 12.4. The number of para-hydroxylation sites is 3. The van der Waals surface area contributed by atoms with Crippen LogP contribution in [0.4, 0.5) is 56.9 Å². The maximum Gasteiger partial charge on any atom is 0.187 e. The van der Waals surface area contributed by atoms with Crippen molar-refractivity contribution < 1.29 is 0 Å². The zero-order chi connectivity index (χ0) is 93.6. The third kappa shape index (κ3) is 13.6. The zero-order valence-corrected chi connectivity index (χ0v) is 77.2. The van der Waals surface area contributed by atoms with Gasteiger partial charge in [0.2, 0.25) is 0 Å². The SMILES string of the molecule is [C-]#[N+]c1ccc(N(c2ccc3c(c2)C(C)(C)c2ccccc2-3)c2ccc3c(c2)c2cc(N(c4ccc(C#N)cc4)c4ccc5c(c4)C(c4ccccc4)(c4ccccc4)c4ccccc4-5)ccc2n3-c2ccccc2)cc1.c1ccc(-c2ccc(N(c3ccc(-c4ccc5c(c4)C(c4ccccc4)(c4ccccc4)c4ccccc4-5)cc3)c3ccc4c(c3)c3ccccc3n4-c3ccccc3)cc2)cc1. The minimum atomic E-state index is -0.592. The molecule has 0 amide bonds. The lowest BCUT2D eigenvalue weighted by Crippen LogP contribution is -2.28. The van der Waals surface area contributed by atoms with Gasteiger partial charge in [-0.1, -0.05) is 354 Å². The molecule has 0 aliphatic heterocycles. The van der Waals surface area contributed by atoms with E-state index in [0.29, 0.717) is 11.3 Å². The highest BCUT2D eigenvalue weighted by molar-refractivity contribution is 6.13. The molecule has 7 nitrogen and oxygen atoms in total. The molecule has 21 aromatic carbocycles. The molecule has 0 unspecified atom stereocenters. The molecule has 26 rings (SSSR count). The summed E-state index contributed by atoms with van der Waals surface area (Å²) in [7, 11) is 0. The predicted molar refractivity (Wildman–Crippen MR) is 580 cm³/mol. The molecule has 0 saturated carbocycles. The third-order valence-electron chi connectivity index (χ3n) is 29.4. The van der Waals surface area contributed by atoms with Crippen LogP contribution in [0, 0.1) is 17.9 Å². The van der Waals surface area contributed by atoms with E-state index in [1.807, 2.05) is 24.3 Å². The maximum atomic E-state index is 10.0. The van der Waals surface area contributed by atoms with Crippen molar-refractivity contribution in [1.82, 2.24) is 9.13 Å². The van der Waals surface area contributed by atoms with Gasteiger partial charge in [-0.2, -0.15) is 5.26 Å². The average Bonchev–Trinajstić information content (AvgIpc) is 1.54. The fourth-order valence-corrected chi connectivity index (χ4v) is 23.1. The first-order chi connectivity index (χ1) is 69.1. The van der Waals surface area contributed by atoms with Gasteiger partial charge in [0, 0.05) is 89.5 Å². The Bertz CT molecular complexity index is 8730. The van der Waals surface area contributed by atoms with Crippen LogP contribution in [0.2, 0.25) is 0 Å². The van der Waals surface area contributed by atoms with Crippen molar-refractivity contribution in [3.8, 4) is 73.1 Å². The average molecular weight is 1790 g/mol. The van der Waals surface area contributed by atoms with Crippen molar-refractivity contribution in [1.29, 1.82) is 5.26 Å². The van der Waals surface area contributed by atoms with E-state index in [-0.39, 0.29) is 5.41 Å². The number of fused-ring (bicyclic) bond motifs is 15. The van der Waals surface area contributed by atoms with Gasteiger partial charge in [-0.25, -0.2) is 4.85 Å². The minimum absolute atomic E-state index is 0.195. The Morgan fingerprint density at radius 3 is 0.957 bits per heavy atom. The van der Waals surface area contributed by atoms with Gasteiger partial charge in [-0.05, 0) is 287 Å². The Morgan fingerprint density at radius 1 is 0.229 bits per heavy atom. The second kappa shape index (κ2) is 34.2. The summed E-state index contributed by atoms with van der Waals surface area (Å²) in [6.07, 6.45) is 0. The van der Waals surface area contributed by atoms with E-state index < -0.39 is 10.8 Å². The Balaban J connectivity index is 0.000000151. The fraction of sp³-hybridized carbons (Fsp3) is 0.0376. The molecule has 140 heavy (non-hydrogen) atoms. The molecule has 2 heterocycles. The van der Waals surface area contributed by atoms with Crippen LogP contribution in [-0.2, 0) is 16.2 Å². The summed E-state index contributed by atoms with van der Waals surface area (Å²) in [5.41, 5.74) is 40.9. The highest BCUT2D eigenvalue weighted by Gasteiger charge is 2.48. The Labute approximate surface area is 815 Å². The standard InChI is InChI=1S/C72H49N5.C61H42N2/c1-71(2)65-25-15-13-23-59(65)61-39-35-57(45-67(61)71)76(54-33-29-51(74-3)30-34-54)56-38-42-70-64(44-56)63-43-55(37-41-69(63)77(70)52-21-11-6-12-22-52)75(53-31-27-48(47-73)28-32-53)58-36-40-62-60-24-14-16-26-66(60)72(68(62)46-58,49-17-7-4-8-18-49)50-19-9-5-10-20-50;1-5-17-43(18-6-1)44-29-34-50(35-30-44)62(52-38-40-60-56(42-52)55-26-14-16-28-59(55)63(60)49-23-11-4-12-24-49)51-36-31-45(32-37-51)46-33-39-54-53-25-13-15-27-57(53)61(58(54)41-46,47-19-7-2-8-20-47)48-21-9-3-10-22-48/h4-46H,1-2H3;1-42H. The molecule has 0 saturated heterocycles. The Morgan fingerprint density at radius 2 is 0.514 bits per heavy atom. The van der Waals surface area contributed by atoms with Gasteiger partial charge in [-0.3, -0.25) is 0 Å². The highest BCUT2D eigenvalue weighted by Crippen LogP contribution is 2.61. The van der Waals surface area contributed by atoms with Crippen molar-refractivity contribution in [2.45, 2.75) is 30.1 Å². The number of benzene rings is 21. The second-order valence-corrected chi connectivity index (χ2v) is 37.2. The summed E-state index contributed by atoms with van der Waals surface area (Å²) < 4.78 is 4.75. The molecular weight excluding hydrogens is 1700 g/mol. The lowest BCUT2D eigenvalue weighted by molar-refractivity contribution is 0.660. The number of hydrogen-bond acceptors (Lipinski definition) is 4. The topological polar surface area (TPSA) is 47.7 Å². The number of aromatic nitrogens is 2. The van der Waals surface area contributed by atoms with Gasteiger partial charge in [-0.15, -0.1) is 0 Å². The second-order valence-electron chi connectivity index (χ2n) is 37.2. The number of nitriles is 1. The molecule has 0 fully saturated rings. The molecule has 3 aliphatic rings. The van der Waals surface area contributed by atoms with Gasteiger partial charge < -0.3 is 23.8 Å². The first-order valence-electron chi connectivity index (χ1n) is 47.9. The number of hydrogen-bond donors (Lipinski definition) is 0. The molecular formula is C133H91N7. The summed E-state index contributed by atoms with van der Waals surface area (Å²) in [5, 5.41) is 14.7. The molecule has 3 aliphatic carbocycles. The van der Waals surface area contributed by atoms with Crippen LogP contribution in [0.15, 0.2) is 516 Å². The monoisotopic (exact) mass is 1790 g/mol. The van der Waals surface area contributed by atoms with Gasteiger partial charge in [0.05, 0.1) is 51.1 Å². The zero-order valence-electron chi connectivity index (χ0n) is 77.2. The molecule has 658 valence electrons. The lowest BCUT2D eigenvalue weighted by atomic mass is 9.67. The first-order valence-corrected chi connectivity index (χ1v) is 47.9. The van der Waals surface area contributed by atoms with Crippen LogP contribution in [0.25, 0.3) is 115 Å². The normalized spacial score (nSPS) is 12.9. The third-order valence-corrected chi connectivity index (χ3v) is 29.4. The van der Waals surface area contributed by atoms with E-state index in [4.69, 9.17) is 6.57 Å². The van der Waals surface area contributed by atoms with Crippen LogP contribution >= 0.6 is 0 Å². The van der Waals surface area contributed by atoms with Crippen molar-refractivity contribution >= 4 is 100 Å². The smallest absolute Gasteiger partial charge is 0.187 e. The van der Waals surface area contributed by atoms with Crippen LogP contribution in [0.1, 0.15) is 75.0 Å². The quantitative estimate of drug-likeness (QED) is 0.0853. The largest absolute Gasteiger partial charge is 0.311 e. The molecule has 0 spiro atoms. The number of anilines is 9. The predicted octanol–water partition coefficient (Wildman–Crippen LogP) is 34.8. The van der Waals surface area contributed by atoms with E-state index in [1.165, 1.54) is 133 Å². The molecule has 2 aromatic heterocycles. The van der Waals surface area contributed by atoms with E-state index in [1.54, 1.807) is 0 Å². The highest BCUT2D eigenvalue weighted by atomic mass is 15.2. The molecule has 23 aromatic rings. The molecule has 0 N–H and O–H groups in total. The summed E-state index contributed by atoms with van der Waals surface area (Å²) in [6, 6.07) is 189. The van der Waals surface area contributed by atoms with Crippen LogP contribution in [-0.4, -0.2) is 9.13 Å².